The third-order valence-electron chi connectivity index (χ3n) is 2.36. The summed E-state index contributed by atoms with van der Waals surface area (Å²) in [4.78, 5) is 11.4. The van der Waals surface area contributed by atoms with E-state index in [9.17, 15) is 22.4 Å². The van der Waals surface area contributed by atoms with E-state index < -0.39 is 18.4 Å². The van der Waals surface area contributed by atoms with Crippen LogP contribution in [-0.4, -0.2) is 25.2 Å². The van der Waals surface area contributed by atoms with Crippen LogP contribution in [0.4, 0.5) is 17.6 Å². The van der Waals surface area contributed by atoms with Crippen LogP contribution in [0.15, 0.2) is 24.3 Å². The summed E-state index contributed by atoms with van der Waals surface area (Å²) in [5, 5.41) is 0. The van der Waals surface area contributed by atoms with Gasteiger partial charge in [-0.05, 0) is 18.1 Å². The molecule has 0 fully saturated rings. The van der Waals surface area contributed by atoms with Gasteiger partial charge in [0.15, 0.2) is 5.78 Å². The average Bonchev–Trinajstić information content (AvgIpc) is 2.30. The van der Waals surface area contributed by atoms with Crippen LogP contribution in [0.2, 0.25) is 0 Å². The molecule has 19 heavy (non-hydrogen) atoms. The molecular weight excluding hydrogens is 264 g/mol. The van der Waals surface area contributed by atoms with Gasteiger partial charge in [0.25, 0.3) is 0 Å². The number of ketones is 1. The van der Waals surface area contributed by atoms with Crippen LogP contribution >= 0.6 is 0 Å². The lowest BCUT2D eigenvalue weighted by molar-refractivity contribution is -0.138. The zero-order valence-corrected chi connectivity index (χ0v) is 10.2. The Morgan fingerprint density at radius 2 is 1.89 bits per heavy atom. The summed E-state index contributed by atoms with van der Waals surface area (Å²) in [6.07, 6.45) is -5.45. The Balaban J connectivity index is 2.20. The molecule has 106 valence electrons. The van der Waals surface area contributed by atoms with Gasteiger partial charge in [0, 0.05) is 19.4 Å². The molecule has 1 aromatic carbocycles. The molecule has 0 aliphatic rings. The molecule has 0 amide bonds. The molecule has 0 saturated carbocycles. The fourth-order valence-corrected chi connectivity index (χ4v) is 1.47. The summed E-state index contributed by atoms with van der Waals surface area (Å²) in [5.74, 6) is -0.843. The monoisotopic (exact) mass is 278 g/mol. The second-order valence-electron chi connectivity index (χ2n) is 4.08. The summed E-state index contributed by atoms with van der Waals surface area (Å²) < 4.78 is 53.5. The maximum Gasteiger partial charge on any atom is 0.389 e. The highest BCUT2D eigenvalue weighted by molar-refractivity contribution is 5.82. The van der Waals surface area contributed by atoms with Crippen molar-refractivity contribution in [1.82, 2.24) is 0 Å². The third kappa shape index (κ3) is 6.91. The number of alkyl halides is 3. The molecule has 0 N–H and O–H groups in total. The molecule has 0 spiro atoms. The minimum absolute atomic E-state index is 0.119. The van der Waals surface area contributed by atoms with Gasteiger partial charge >= 0.3 is 6.18 Å². The van der Waals surface area contributed by atoms with Crippen LogP contribution in [0, 0.1) is 5.82 Å². The van der Waals surface area contributed by atoms with E-state index in [4.69, 9.17) is 4.74 Å². The summed E-state index contributed by atoms with van der Waals surface area (Å²) >= 11 is 0. The largest absolute Gasteiger partial charge is 0.389 e. The standard InChI is InChI=1S/C13H14F4O2/c14-12-5-2-1-4-10(12)8-11(18)9-19-7-3-6-13(15,16)17/h1-2,4-5H,3,6-9H2. The van der Waals surface area contributed by atoms with Crippen LogP contribution < -0.4 is 0 Å². The van der Waals surface area contributed by atoms with Gasteiger partial charge in [-0.2, -0.15) is 13.2 Å². The van der Waals surface area contributed by atoms with E-state index in [1.165, 1.54) is 18.2 Å². The van der Waals surface area contributed by atoms with Crippen molar-refractivity contribution >= 4 is 5.78 Å². The van der Waals surface area contributed by atoms with Gasteiger partial charge in [-0.3, -0.25) is 4.79 Å². The minimum Gasteiger partial charge on any atom is -0.374 e. The van der Waals surface area contributed by atoms with Gasteiger partial charge in [0.05, 0.1) is 0 Å². The molecule has 6 heteroatoms. The Labute approximate surface area is 108 Å². The maximum atomic E-state index is 13.2. The van der Waals surface area contributed by atoms with Crippen molar-refractivity contribution in [3.63, 3.8) is 0 Å². The Morgan fingerprint density at radius 3 is 2.53 bits per heavy atom. The Hall–Kier alpha value is -1.43. The van der Waals surface area contributed by atoms with Crippen molar-refractivity contribution in [2.75, 3.05) is 13.2 Å². The molecule has 2 nitrogen and oxygen atoms in total. The van der Waals surface area contributed by atoms with Crippen molar-refractivity contribution in [2.24, 2.45) is 0 Å². The second kappa shape index (κ2) is 7.23. The first-order valence-corrected chi connectivity index (χ1v) is 5.78. The zero-order chi connectivity index (χ0) is 14.3. The van der Waals surface area contributed by atoms with E-state index in [1.807, 2.05) is 0 Å². The van der Waals surface area contributed by atoms with Crippen LogP contribution in [-0.2, 0) is 16.0 Å². The van der Waals surface area contributed by atoms with Crippen LogP contribution in [0.25, 0.3) is 0 Å². The second-order valence-corrected chi connectivity index (χ2v) is 4.08. The van der Waals surface area contributed by atoms with Gasteiger partial charge in [0.2, 0.25) is 0 Å². The number of rotatable bonds is 7. The molecule has 0 atom stereocenters. The lowest BCUT2D eigenvalue weighted by Gasteiger charge is -2.07. The number of Topliss-reactive ketones (excluding diaryl/α,β-unsaturated/α-hetero) is 1. The maximum absolute atomic E-state index is 13.2. The number of ether oxygens (including phenoxy) is 1. The first-order valence-electron chi connectivity index (χ1n) is 5.78. The fraction of sp³-hybridized carbons (Fsp3) is 0.462. The number of halogens is 4. The van der Waals surface area contributed by atoms with Crippen molar-refractivity contribution < 1.29 is 27.1 Å². The van der Waals surface area contributed by atoms with Crippen molar-refractivity contribution in [3.05, 3.63) is 35.6 Å². The van der Waals surface area contributed by atoms with E-state index in [0.717, 1.165) is 0 Å². The van der Waals surface area contributed by atoms with Gasteiger partial charge in [0.1, 0.15) is 12.4 Å². The smallest absolute Gasteiger partial charge is 0.374 e. The van der Waals surface area contributed by atoms with Crippen LogP contribution in [0.5, 0.6) is 0 Å². The molecule has 0 aliphatic heterocycles. The van der Waals surface area contributed by atoms with E-state index in [0.29, 0.717) is 0 Å². The molecule has 1 aromatic rings. The van der Waals surface area contributed by atoms with Crippen LogP contribution in [0.1, 0.15) is 18.4 Å². The molecular formula is C13H14F4O2. The van der Waals surface area contributed by atoms with E-state index >= 15 is 0 Å². The summed E-state index contributed by atoms with van der Waals surface area (Å²) in [6.45, 7) is -0.436. The third-order valence-corrected chi connectivity index (χ3v) is 2.36. The van der Waals surface area contributed by atoms with Crippen molar-refractivity contribution in [3.8, 4) is 0 Å². The van der Waals surface area contributed by atoms with Crippen molar-refractivity contribution in [2.45, 2.75) is 25.4 Å². The predicted octanol–water partition coefficient (Wildman–Crippen LogP) is 3.30. The van der Waals surface area contributed by atoms with E-state index in [-0.39, 0.29) is 37.4 Å². The number of hydrogen-bond donors (Lipinski definition) is 0. The summed E-state index contributed by atoms with van der Waals surface area (Å²) in [6, 6.07) is 5.84. The first kappa shape index (κ1) is 15.6. The quantitative estimate of drug-likeness (QED) is 0.565. The Bertz CT molecular complexity index is 415. The highest BCUT2D eigenvalue weighted by Crippen LogP contribution is 2.20. The van der Waals surface area contributed by atoms with Crippen LogP contribution in [0.3, 0.4) is 0 Å². The molecule has 0 radical (unpaired) electrons. The summed E-state index contributed by atoms with van der Waals surface area (Å²) in [7, 11) is 0. The normalized spacial score (nSPS) is 11.6. The molecule has 1 rings (SSSR count). The molecule has 0 heterocycles. The number of carbonyl (C=O) groups excluding carboxylic acids is 1. The predicted molar refractivity (Wildman–Crippen MR) is 61.2 cm³/mol. The van der Waals surface area contributed by atoms with Gasteiger partial charge in [-0.25, -0.2) is 4.39 Å². The average molecular weight is 278 g/mol. The fourth-order valence-electron chi connectivity index (χ4n) is 1.47. The highest BCUT2D eigenvalue weighted by atomic mass is 19.4. The number of benzene rings is 1. The van der Waals surface area contributed by atoms with E-state index in [2.05, 4.69) is 0 Å². The lowest BCUT2D eigenvalue weighted by atomic mass is 10.1. The van der Waals surface area contributed by atoms with Gasteiger partial charge in [-0.1, -0.05) is 18.2 Å². The molecule has 0 aromatic heterocycles. The topological polar surface area (TPSA) is 26.3 Å². The number of hydrogen-bond acceptors (Lipinski definition) is 2. The SMILES string of the molecule is O=C(COCCCC(F)(F)F)Cc1ccccc1F. The van der Waals surface area contributed by atoms with Gasteiger partial charge < -0.3 is 4.74 Å². The van der Waals surface area contributed by atoms with E-state index in [1.54, 1.807) is 6.07 Å². The molecule has 0 unspecified atom stereocenters. The number of carbonyl (C=O) groups is 1. The summed E-state index contributed by atoms with van der Waals surface area (Å²) in [5.41, 5.74) is 0.256. The first-order chi connectivity index (χ1) is 8.88. The van der Waals surface area contributed by atoms with Crippen molar-refractivity contribution in [1.29, 1.82) is 0 Å². The molecule has 0 saturated heterocycles. The van der Waals surface area contributed by atoms with Gasteiger partial charge in [-0.15, -0.1) is 0 Å². The minimum atomic E-state index is -4.21. The lowest BCUT2D eigenvalue weighted by Crippen LogP contribution is -2.14. The molecule has 0 aliphatic carbocycles. The Morgan fingerprint density at radius 1 is 1.21 bits per heavy atom. The zero-order valence-electron chi connectivity index (χ0n) is 10.2. The highest BCUT2D eigenvalue weighted by Gasteiger charge is 2.25. The molecule has 0 bridgehead atoms. The Kier molecular flexibility index (Phi) is 5.95.